The summed E-state index contributed by atoms with van der Waals surface area (Å²) >= 11 is 0. The summed E-state index contributed by atoms with van der Waals surface area (Å²) in [6, 6.07) is 3.07. The van der Waals surface area contributed by atoms with Gasteiger partial charge in [-0.25, -0.2) is 17.5 Å². The van der Waals surface area contributed by atoms with Crippen molar-refractivity contribution in [2.75, 3.05) is 12.3 Å². The number of carbonyl (C=O) groups is 1. The van der Waals surface area contributed by atoms with Crippen molar-refractivity contribution in [3.8, 4) is 0 Å². The summed E-state index contributed by atoms with van der Waals surface area (Å²) in [6.45, 7) is 3.52. The molecule has 1 rings (SSSR count). The first kappa shape index (κ1) is 16.4. The second-order valence-electron chi connectivity index (χ2n) is 4.55. The van der Waals surface area contributed by atoms with Crippen molar-refractivity contribution in [1.82, 2.24) is 10.0 Å². The molecule has 0 aliphatic carbocycles. The maximum Gasteiger partial charge on any atom is 0.242 e. The van der Waals surface area contributed by atoms with E-state index in [-0.39, 0.29) is 35.5 Å². The minimum atomic E-state index is -3.93. The zero-order valence-corrected chi connectivity index (χ0v) is 12.1. The van der Waals surface area contributed by atoms with Crippen molar-refractivity contribution in [3.63, 3.8) is 0 Å². The van der Waals surface area contributed by atoms with Gasteiger partial charge in [-0.05, 0) is 32.0 Å². The highest BCUT2D eigenvalue weighted by atomic mass is 32.2. The lowest BCUT2D eigenvalue weighted by atomic mass is 10.3. The SMILES string of the molecule is CC(C)NC(=O)CCNS(=O)(=O)c1cc(F)ccc1N. The Kier molecular flexibility index (Phi) is 5.46. The lowest BCUT2D eigenvalue weighted by Gasteiger charge is -2.10. The number of anilines is 1. The predicted octanol–water partition coefficient (Wildman–Crippen LogP) is 0.601. The molecule has 0 spiro atoms. The van der Waals surface area contributed by atoms with Crippen molar-refractivity contribution < 1.29 is 17.6 Å². The van der Waals surface area contributed by atoms with Crippen LogP contribution in [-0.2, 0) is 14.8 Å². The predicted molar refractivity (Wildman–Crippen MR) is 73.9 cm³/mol. The molecule has 112 valence electrons. The number of benzene rings is 1. The van der Waals surface area contributed by atoms with Crippen LogP contribution < -0.4 is 15.8 Å². The second-order valence-corrected chi connectivity index (χ2v) is 6.29. The minimum absolute atomic E-state index is 0.00731. The number of halogens is 1. The first-order chi connectivity index (χ1) is 9.22. The van der Waals surface area contributed by atoms with Crippen LogP contribution in [0.5, 0.6) is 0 Å². The summed E-state index contributed by atoms with van der Waals surface area (Å²) in [5.74, 6) is -0.966. The molecule has 1 aromatic rings. The van der Waals surface area contributed by atoms with Gasteiger partial charge in [-0.3, -0.25) is 4.79 Å². The molecule has 0 heterocycles. The Morgan fingerprint density at radius 3 is 2.65 bits per heavy atom. The van der Waals surface area contributed by atoms with Gasteiger partial charge in [-0.15, -0.1) is 0 Å². The Hall–Kier alpha value is -1.67. The Balaban J connectivity index is 2.67. The van der Waals surface area contributed by atoms with Gasteiger partial charge < -0.3 is 11.1 Å². The average molecular weight is 303 g/mol. The van der Waals surface area contributed by atoms with E-state index in [1.807, 2.05) is 0 Å². The van der Waals surface area contributed by atoms with Gasteiger partial charge >= 0.3 is 0 Å². The molecule has 0 fully saturated rings. The number of hydrogen-bond donors (Lipinski definition) is 3. The fraction of sp³-hybridized carbons (Fsp3) is 0.417. The number of nitrogens with two attached hydrogens (primary N) is 1. The molecule has 1 amide bonds. The highest BCUT2D eigenvalue weighted by Gasteiger charge is 2.18. The highest BCUT2D eigenvalue weighted by Crippen LogP contribution is 2.18. The molecular weight excluding hydrogens is 285 g/mol. The first-order valence-corrected chi connectivity index (χ1v) is 7.55. The Morgan fingerprint density at radius 1 is 1.40 bits per heavy atom. The number of sulfonamides is 1. The Bertz CT molecular complexity index is 588. The average Bonchev–Trinajstić information content (AvgIpc) is 2.30. The third kappa shape index (κ3) is 4.78. The number of hydrogen-bond acceptors (Lipinski definition) is 4. The number of nitrogens with one attached hydrogen (secondary N) is 2. The molecule has 1 aromatic carbocycles. The molecule has 8 heteroatoms. The fourth-order valence-corrected chi connectivity index (χ4v) is 2.68. The van der Waals surface area contributed by atoms with Crippen LogP contribution in [0.3, 0.4) is 0 Å². The standard InChI is InChI=1S/C12H18FN3O3S/c1-8(2)16-12(17)5-6-15-20(18,19)11-7-9(13)3-4-10(11)14/h3-4,7-8,15H,5-6,14H2,1-2H3,(H,16,17). The summed E-state index contributed by atoms with van der Waals surface area (Å²) in [7, 11) is -3.93. The van der Waals surface area contributed by atoms with Crippen LogP contribution in [0.25, 0.3) is 0 Å². The normalized spacial score (nSPS) is 11.6. The quantitative estimate of drug-likeness (QED) is 0.670. The maximum atomic E-state index is 13.1. The third-order valence-corrected chi connectivity index (χ3v) is 3.88. The molecule has 0 atom stereocenters. The van der Waals surface area contributed by atoms with Crippen LogP contribution in [0.2, 0.25) is 0 Å². The lowest BCUT2D eigenvalue weighted by molar-refractivity contribution is -0.121. The second kappa shape index (κ2) is 6.67. The van der Waals surface area contributed by atoms with Crippen molar-refractivity contribution in [3.05, 3.63) is 24.0 Å². The minimum Gasteiger partial charge on any atom is -0.398 e. The van der Waals surface area contributed by atoms with Crippen molar-refractivity contribution >= 4 is 21.6 Å². The molecular formula is C12H18FN3O3S. The molecule has 0 saturated carbocycles. The molecule has 0 aliphatic heterocycles. The molecule has 4 N–H and O–H groups in total. The summed E-state index contributed by atoms with van der Waals surface area (Å²) < 4.78 is 39.1. The lowest BCUT2D eigenvalue weighted by Crippen LogP contribution is -2.34. The zero-order chi connectivity index (χ0) is 15.3. The van der Waals surface area contributed by atoms with E-state index in [4.69, 9.17) is 5.73 Å². The van der Waals surface area contributed by atoms with Gasteiger partial charge in [-0.2, -0.15) is 0 Å². The van der Waals surface area contributed by atoms with Gasteiger partial charge in [-0.1, -0.05) is 0 Å². The molecule has 0 aliphatic rings. The van der Waals surface area contributed by atoms with Crippen LogP contribution in [0, 0.1) is 5.82 Å². The van der Waals surface area contributed by atoms with E-state index in [9.17, 15) is 17.6 Å². The van der Waals surface area contributed by atoms with Gasteiger partial charge in [0.05, 0.1) is 5.69 Å². The number of carbonyl (C=O) groups excluding carboxylic acids is 1. The van der Waals surface area contributed by atoms with Crippen LogP contribution in [0.4, 0.5) is 10.1 Å². The molecule has 6 nitrogen and oxygen atoms in total. The van der Waals surface area contributed by atoms with Crippen molar-refractivity contribution in [1.29, 1.82) is 0 Å². The van der Waals surface area contributed by atoms with E-state index in [2.05, 4.69) is 10.0 Å². The van der Waals surface area contributed by atoms with Gasteiger partial charge in [0, 0.05) is 19.0 Å². The molecule has 20 heavy (non-hydrogen) atoms. The molecule has 0 unspecified atom stereocenters. The van der Waals surface area contributed by atoms with Crippen LogP contribution in [0.1, 0.15) is 20.3 Å². The van der Waals surface area contributed by atoms with Gasteiger partial charge in [0.1, 0.15) is 10.7 Å². The topological polar surface area (TPSA) is 101 Å². The number of nitrogen functional groups attached to an aromatic ring is 1. The van der Waals surface area contributed by atoms with Gasteiger partial charge in [0.25, 0.3) is 0 Å². The van der Waals surface area contributed by atoms with Crippen LogP contribution in [0.15, 0.2) is 23.1 Å². The molecule has 0 aromatic heterocycles. The van der Waals surface area contributed by atoms with Crippen molar-refractivity contribution in [2.45, 2.75) is 31.2 Å². The summed E-state index contributed by atoms with van der Waals surface area (Å²) in [5.41, 5.74) is 5.46. The van der Waals surface area contributed by atoms with E-state index in [1.54, 1.807) is 13.8 Å². The number of amides is 1. The Morgan fingerprint density at radius 2 is 2.05 bits per heavy atom. The summed E-state index contributed by atoms with van der Waals surface area (Å²) in [4.78, 5) is 11.0. The highest BCUT2D eigenvalue weighted by molar-refractivity contribution is 7.89. The van der Waals surface area contributed by atoms with E-state index in [1.165, 1.54) is 6.07 Å². The Labute approximate surface area is 117 Å². The van der Waals surface area contributed by atoms with E-state index in [0.29, 0.717) is 0 Å². The first-order valence-electron chi connectivity index (χ1n) is 6.06. The van der Waals surface area contributed by atoms with E-state index >= 15 is 0 Å². The van der Waals surface area contributed by atoms with Crippen LogP contribution >= 0.6 is 0 Å². The molecule has 0 bridgehead atoms. The zero-order valence-electron chi connectivity index (χ0n) is 11.3. The fourth-order valence-electron chi connectivity index (χ4n) is 1.51. The monoisotopic (exact) mass is 303 g/mol. The third-order valence-electron chi connectivity index (χ3n) is 2.36. The van der Waals surface area contributed by atoms with E-state index in [0.717, 1.165) is 12.1 Å². The molecule has 0 radical (unpaired) electrons. The van der Waals surface area contributed by atoms with Gasteiger partial charge in [0.2, 0.25) is 15.9 Å². The number of rotatable bonds is 6. The largest absolute Gasteiger partial charge is 0.398 e. The summed E-state index contributed by atoms with van der Waals surface area (Å²) in [6.07, 6.45) is -0.00731. The van der Waals surface area contributed by atoms with Crippen molar-refractivity contribution in [2.24, 2.45) is 0 Å². The van der Waals surface area contributed by atoms with E-state index < -0.39 is 15.8 Å². The van der Waals surface area contributed by atoms with Crippen LogP contribution in [-0.4, -0.2) is 26.9 Å². The van der Waals surface area contributed by atoms with Gasteiger partial charge in [0.15, 0.2) is 0 Å². The summed E-state index contributed by atoms with van der Waals surface area (Å²) in [5, 5.41) is 2.63. The maximum absolute atomic E-state index is 13.1. The molecule has 0 saturated heterocycles. The smallest absolute Gasteiger partial charge is 0.242 e.